The van der Waals surface area contributed by atoms with Crippen LogP contribution in [0.15, 0.2) is 30.3 Å². The fraction of sp³-hybridized carbons (Fsp3) is 0.350. The largest absolute Gasteiger partial charge is 0.433 e. The summed E-state index contributed by atoms with van der Waals surface area (Å²) < 4.78 is 47.1. The predicted octanol–water partition coefficient (Wildman–Crippen LogP) is 2.37. The summed E-state index contributed by atoms with van der Waals surface area (Å²) >= 11 is 12.1. The van der Waals surface area contributed by atoms with E-state index in [1.807, 2.05) is 0 Å². The van der Waals surface area contributed by atoms with Crippen molar-refractivity contribution in [2.45, 2.75) is 6.18 Å². The average Bonchev–Trinajstić information content (AvgIpc) is 3.10. The van der Waals surface area contributed by atoms with E-state index < -0.39 is 17.8 Å². The lowest BCUT2D eigenvalue weighted by molar-refractivity contribution is -0.906. The molecule has 1 fully saturated rings. The van der Waals surface area contributed by atoms with Crippen LogP contribution in [0.3, 0.4) is 0 Å². The zero-order valence-corrected chi connectivity index (χ0v) is 18.2. The summed E-state index contributed by atoms with van der Waals surface area (Å²) in [6.07, 6.45) is -4.74. The van der Waals surface area contributed by atoms with Crippen molar-refractivity contribution in [2.75, 3.05) is 39.4 Å². The molecule has 2 aromatic heterocycles. The number of nitrogens with zero attached hydrogens (tertiary/aromatic N) is 3. The Hall–Kier alpha value is -2.40. The van der Waals surface area contributed by atoms with Gasteiger partial charge in [0.1, 0.15) is 18.1 Å². The molecule has 1 aliphatic rings. The number of ether oxygens (including phenoxy) is 1. The van der Waals surface area contributed by atoms with Gasteiger partial charge in [-0.3, -0.25) is 4.79 Å². The van der Waals surface area contributed by atoms with Crippen LogP contribution in [-0.2, 0) is 10.9 Å². The highest BCUT2D eigenvalue weighted by Gasteiger charge is 2.36. The van der Waals surface area contributed by atoms with E-state index >= 15 is 0 Å². The number of morpholine rings is 1. The number of halogens is 5. The van der Waals surface area contributed by atoms with Gasteiger partial charge in [-0.2, -0.15) is 18.3 Å². The number of benzene rings is 1. The third kappa shape index (κ3) is 4.83. The smallest absolute Gasteiger partial charge is 0.370 e. The monoisotopic (exact) mass is 488 g/mol. The molecular formula is C20H19Cl2F3N5O2+. The lowest BCUT2D eigenvalue weighted by Crippen LogP contribution is -3.14. The van der Waals surface area contributed by atoms with Crippen molar-refractivity contribution in [1.29, 1.82) is 0 Å². The molecule has 32 heavy (non-hydrogen) atoms. The van der Waals surface area contributed by atoms with E-state index in [-0.39, 0.29) is 22.1 Å². The van der Waals surface area contributed by atoms with Gasteiger partial charge in [-0.25, -0.2) is 9.50 Å². The van der Waals surface area contributed by atoms with Crippen molar-refractivity contribution in [2.24, 2.45) is 0 Å². The number of rotatable bonds is 5. The molecule has 0 bridgehead atoms. The predicted molar refractivity (Wildman–Crippen MR) is 112 cm³/mol. The molecule has 4 rings (SSSR count). The second-order valence-corrected chi connectivity index (χ2v) is 8.11. The maximum atomic E-state index is 13.8. The molecule has 0 aliphatic carbocycles. The molecule has 1 aliphatic heterocycles. The van der Waals surface area contributed by atoms with E-state index in [0.29, 0.717) is 41.4 Å². The Bertz CT molecular complexity index is 1130. The molecule has 170 valence electrons. The van der Waals surface area contributed by atoms with Crippen LogP contribution in [0.1, 0.15) is 16.2 Å². The molecule has 3 heterocycles. The van der Waals surface area contributed by atoms with Crippen LogP contribution in [0.25, 0.3) is 16.9 Å². The molecule has 0 atom stereocenters. The Morgan fingerprint density at radius 1 is 1.19 bits per heavy atom. The minimum Gasteiger partial charge on any atom is -0.370 e. The molecule has 1 aromatic carbocycles. The SMILES string of the molecule is O=C(NCC[NH+]1CCOCC1)c1nn2c(C(F)(F)F)cc(-c3ccc(Cl)cc3)nc2c1Cl. The standard InChI is InChI=1S/C20H18Cl2F3N5O2/c21-13-3-1-12(2-4-13)14-11-15(20(23,24)25)30-18(27-14)16(22)17(28-30)19(31)26-5-6-29-7-9-32-10-8-29/h1-4,11H,5-10H2,(H,26,31)/p+1. The normalized spacial score (nSPS) is 15.3. The first-order chi connectivity index (χ1) is 15.2. The van der Waals surface area contributed by atoms with E-state index in [1.165, 1.54) is 4.90 Å². The summed E-state index contributed by atoms with van der Waals surface area (Å²) in [5.41, 5.74) is -1.21. The number of carbonyl (C=O) groups excluding carboxylic acids is 1. The lowest BCUT2D eigenvalue weighted by Gasteiger charge is -2.23. The van der Waals surface area contributed by atoms with Gasteiger partial charge in [0.05, 0.1) is 32.0 Å². The molecule has 3 aromatic rings. The molecule has 2 N–H and O–H groups in total. The number of hydrogen-bond acceptors (Lipinski definition) is 4. The van der Waals surface area contributed by atoms with Gasteiger partial charge in [0.15, 0.2) is 17.0 Å². The third-order valence-corrected chi connectivity index (χ3v) is 5.74. The van der Waals surface area contributed by atoms with Crippen LogP contribution in [-0.4, -0.2) is 59.9 Å². The van der Waals surface area contributed by atoms with E-state index in [2.05, 4.69) is 15.4 Å². The first-order valence-corrected chi connectivity index (χ1v) is 10.6. The first kappa shape index (κ1) is 22.8. The van der Waals surface area contributed by atoms with Crippen LogP contribution in [0.5, 0.6) is 0 Å². The van der Waals surface area contributed by atoms with Crippen LogP contribution in [0.4, 0.5) is 13.2 Å². The maximum Gasteiger partial charge on any atom is 0.433 e. The number of amides is 1. The highest BCUT2D eigenvalue weighted by atomic mass is 35.5. The van der Waals surface area contributed by atoms with E-state index in [0.717, 1.165) is 19.2 Å². The van der Waals surface area contributed by atoms with Crippen LogP contribution < -0.4 is 10.2 Å². The van der Waals surface area contributed by atoms with Gasteiger partial charge in [-0.05, 0) is 18.2 Å². The number of carbonyl (C=O) groups is 1. The highest BCUT2D eigenvalue weighted by Crippen LogP contribution is 2.34. The van der Waals surface area contributed by atoms with Gasteiger partial charge in [0.2, 0.25) is 0 Å². The molecule has 1 amide bonds. The summed E-state index contributed by atoms with van der Waals surface area (Å²) in [6, 6.07) is 7.05. The Balaban J connectivity index is 1.65. The summed E-state index contributed by atoms with van der Waals surface area (Å²) in [4.78, 5) is 18.1. The van der Waals surface area contributed by atoms with E-state index in [1.54, 1.807) is 24.3 Å². The number of quaternary nitrogens is 1. The average molecular weight is 489 g/mol. The second-order valence-electron chi connectivity index (χ2n) is 7.30. The van der Waals surface area contributed by atoms with Gasteiger partial charge in [0, 0.05) is 10.6 Å². The van der Waals surface area contributed by atoms with Crippen molar-refractivity contribution < 1.29 is 27.6 Å². The molecule has 12 heteroatoms. The molecule has 0 unspecified atom stereocenters. The Labute approximate surface area is 191 Å². The van der Waals surface area contributed by atoms with Crippen molar-refractivity contribution in [3.05, 3.63) is 51.8 Å². The second kappa shape index (κ2) is 9.22. The zero-order valence-electron chi connectivity index (χ0n) is 16.7. The summed E-state index contributed by atoms with van der Waals surface area (Å²) in [5, 5.41) is 6.70. The van der Waals surface area contributed by atoms with E-state index in [9.17, 15) is 18.0 Å². The quantitative estimate of drug-likeness (QED) is 0.578. The van der Waals surface area contributed by atoms with E-state index in [4.69, 9.17) is 27.9 Å². The molecule has 0 spiro atoms. The van der Waals surface area contributed by atoms with Gasteiger partial charge < -0.3 is 15.0 Å². The van der Waals surface area contributed by atoms with Crippen LogP contribution >= 0.6 is 23.2 Å². The Morgan fingerprint density at radius 3 is 2.53 bits per heavy atom. The van der Waals surface area contributed by atoms with Crippen molar-refractivity contribution >= 4 is 34.8 Å². The highest BCUT2D eigenvalue weighted by molar-refractivity contribution is 6.36. The number of aromatic nitrogens is 3. The van der Waals surface area contributed by atoms with Gasteiger partial charge in [-0.15, -0.1) is 0 Å². The summed E-state index contributed by atoms with van der Waals surface area (Å²) in [7, 11) is 0. The number of fused-ring (bicyclic) bond motifs is 1. The Morgan fingerprint density at radius 2 is 1.88 bits per heavy atom. The number of hydrogen-bond donors (Lipinski definition) is 2. The molecule has 1 saturated heterocycles. The van der Waals surface area contributed by atoms with Crippen LogP contribution in [0, 0.1) is 0 Å². The van der Waals surface area contributed by atoms with Gasteiger partial charge in [-0.1, -0.05) is 35.3 Å². The van der Waals surface area contributed by atoms with Gasteiger partial charge >= 0.3 is 6.18 Å². The van der Waals surface area contributed by atoms with Crippen molar-refractivity contribution in [3.8, 4) is 11.3 Å². The summed E-state index contributed by atoms with van der Waals surface area (Å²) in [6.45, 7) is 3.96. The maximum absolute atomic E-state index is 13.8. The molecule has 0 radical (unpaired) electrons. The molecule has 7 nitrogen and oxygen atoms in total. The van der Waals surface area contributed by atoms with Crippen LogP contribution in [0.2, 0.25) is 10.0 Å². The topological polar surface area (TPSA) is 73.0 Å². The Kier molecular flexibility index (Phi) is 6.57. The van der Waals surface area contributed by atoms with Gasteiger partial charge in [0.25, 0.3) is 5.91 Å². The zero-order chi connectivity index (χ0) is 22.9. The summed E-state index contributed by atoms with van der Waals surface area (Å²) in [5.74, 6) is -0.658. The number of alkyl halides is 3. The lowest BCUT2D eigenvalue weighted by atomic mass is 10.1. The fourth-order valence-electron chi connectivity index (χ4n) is 3.45. The minimum atomic E-state index is -4.74. The fourth-order valence-corrected chi connectivity index (χ4v) is 3.83. The molecule has 0 saturated carbocycles. The first-order valence-electron chi connectivity index (χ1n) is 9.86. The minimum absolute atomic E-state index is 0.0335. The molecular weight excluding hydrogens is 470 g/mol. The third-order valence-electron chi connectivity index (χ3n) is 5.14. The van der Waals surface area contributed by atoms with Crippen molar-refractivity contribution in [1.82, 2.24) is 19.9 Å². The number of nitrogens with one attached hydrogen (secondary N) is 2. The van der Waals surface area contributed by atoms with Crippen molar-refractivity contribution in [3.63, 3.8) is 0 Å².